The molecule has 1 aliphatic rings. The number of benzene rings is 1. The molecule has 2 heterocycles. The highest BCUT2D eigenvalue weighted by atomic mass is 35.5. The Morgan fingerprint density at radius 2 is 2.00 bits per heavy atom. The number of rotatable bonds is 0. The normalized spacial score (nSPS) is 12.3. The van der Waals surface area contributed by atoms with Gasteiger partial charge in [-0.05, 0) is 18.2 Å². The van der Waals surface area contributed by atoms with Gasteiger partial charge in [-0.15, -0.1) is 0 Å². The van der Waals surface area contributed by atoms with Gasteiger partial charge in [0, 0.05) is 18.0 Å². The lowest BCUT2D eigenvalue weighted by molar-refractivity contribution is 0.465. The predicted octanol–water partition coefficient (Wildman–Crippen LogP) is 3.59. The number of nitrogens with zero attached hydrogens (tertiary/aromatic N) is 2. The van der Waals surface area contributed by atoms with Gasteiger partial charge in [0.05, 0.1) is 5.02 Å². The standard InChI is InChI=1S/C12H7ClN2O/c13-9-5-6-14-12-11(9)15-7-8-3-1-2-4-10(8)16-12/h1-7H. The molecule has 4 heteroatoms. The largest absolute Gasteiger partial charge is 0.436 e. The maximum Gasteiger partial charge on any atom is 0.247 e. The lowest BCUT2D eigenvalue weighted by Gasteiger charge is -2.06. The van der Waals surface area contributed by atoms with Crippen molar-refractivity contribution < 1.29 is 4.74 Å². The number of hydrogen-bond acceptors (Lipinski definition) is 3. The third-order valence-electron chi connectivity index (χ3n) is 2.30. The second-order valence-electron chi connectivity index (χ2n) is 3.34. The zero-order valence-electron chi connectivity index (χ0n) is 8.22. The van der Waals surface area contributed by atoms with E-state index in [4.69, 9.17) is 16.3 Å². The summed E-state index contributed by atoms with van der Waals surface area (Å²) in [7, 11) is 0. The summed E-state index contributed by atoms with van der Waals surface area (Å²) in [5.41, 5.74) is 1.48. The molecular weight excluding hydrogens is 224 g/mol. The molecule has 2 aromatic rings. The summed E-state index contributed by atoms with van der Waals surface area (Å²) in [5, 5.41) is 0.536. The highest BCUT2D eigenvalue weighted by Crippen LogP contribution is 2.38. The van der Waals surface area contributed by atoms with E-state index in [-0.39, 0.29) is 0 Å². The van der Waals surface area contributed by atoms with Gasteiger partial charge in [0.25, 0.3) is 0 Å². The number of aliphatic imine (C=N–C) groups is 1. The second kappa shape index (κ2) is 3.61. The van der Waals surface area contributed by atoms with E-state index in [0.717, 1.165) is 11.3 Å². The maximum atomic E-state index is 6.02. The van der Waals surface area contributed by atoms with Crippen molar-refractivity contribution in [1.29, 1.82) is 0 Å². The maximum absolute atomic E-state index is 6.02. The van der Waals surface area contributed by atoms with Crippen LogP contribution in [0.4, 0.5) is 5.69 Å². The van der Waals surface area contributed by atoms with Crippen molar-refractivity contribution >= 4 is 23.5 Å². The molecule has 1 aromatic carbocycles. The van der Waals surface area contributed by atoms with Gasteiger partial charge < -0.3 is 4.74 Å². The van der Waals surface area contributed by atoms with Crippen LogP contribution in [-0.4, -0.2) is 11.2 Å². The molecule has 1 aliphatic heterocycles. The van der Waals surface area contributed by atoms with E-state index in [0.29, 0.717) is 16.6 Å². The first kappa shape index (κ1) is 9.36. The smallest absolute Gasteiger partial charge is 0.247 e. The number of aromatic nitrogens is 1. The van der Waals surface area contributed by atoms with Gasteiger partial charge in [-0.2, -0.15) is 0 Å². The summed E-state index contributed by atoms with van der Waals surface area (Å²) < 4.78 is 5.66. The van der Waals surface area contributed by atoms with Crippen LogP contribution in [0, 0.1) is 0 Å². The molecule has 0 atom stereocenters. The van der Waals surface area contributed by atoms with Crippen LogP contribution in [0.5, 0.6) is 11.6 Å². The van der Waals surface area contributed by atoms with E-state index in [2.05, 4.69) is 9.98 Å². The van der Waals surface area contributed by atoms with Crippen LogP contribution in [0.3, 0.4) is 0 Å². The fourth-order valence-electron chi connectivity index (χ4n) is 1.52. The Bertz CT molecular complexity index is 581. The minimum Gasteiger partial charge on any atom is -0.436 e. The number of pyridine rings is 1. The van der Waals surface area contributed by atoms with E-state index in [1.54, 1.807) is 18.5 Å². The van der Waals surface area contributed by atoms with Gasteiger partial charge in [0.2, 0.25) is 5.88 Å². The number of fused-ring (bicyclic) bond motifs is 2. The van der Waals surface area contributed by atoms with Crippen LogP contribution in [0.1, 0.15) is 5.56 Å². The highest BCUT2D eigenvalue weighted by molar-refractivity contribution is 6.33. The van der Waals surface area contributed by atoms with Crippen LogP contribution in [0.25, 0.3) is 0 Å². The first-order valence-electron chi connectivity index (χ1n) is 4.80. The molecule has 0 saturated heterocycles. The third-order valence-corrected chi connectivity index (χ3v) is 2.60. The monoisotopic (exact) mass is 230 g/mol. The molecule has 0 amide bonds. The Labute approximate surface area is 97.4 Å². The lowest BCUT2D eigenvalue weighted by atomic mass is 10.2. The number of ether oxygens (including phenoxy) is 1. The molecule has 1 aromatic heterocycles. The molecule has 0 spiro atoms. The van der Waals surface area contributed by atoms with Crippen LogP contribution in [0.15, 0.2) is 41.5 Å². The van der Waals surface area contributed by atoms with Crippen molar-refractivity contribution in [2.24, 2.45) is 4.99 Å². The number of halogens is 1. The number of para-hydroxylation sites is 1. The van der Waals surface area contributed by atoms with Gasteiger partial charge in [0.1, 0.15) is 11.4 Å². The average Bonchev–Trinajstić information content (AvgIpc) is 2.48. The van der Waals surface area contributed by atoms with Crippen LogP contribution in [-0.2, 0) is 0 Å². The predicted molar refractivity (Wildman–Crippen MR) is 63.0 cm³/mol. The van der Waals surface area contributed by atoms with Crippen molar-refractivity contribution in [3.05, 3.63) is 47.1 Å². The van der Waals surface area contributed by atoms with Crippen LogP contribution >= 0.6 is 11.6 Å². The molecule has 3 rings (SSSR count). The van der Waals surface area contributed by atoms with E-state index in [9.17, 15) is 0 Å². The van der Waals surface area contributed by atoms with Crippen molar-refractivity contribution in [2.45, 2.75) is 0 Å². The zero-order chi connectivity index (χ0) is 11.0. The van der Waals surface area contributed by atoms with Gasteiger partial charge >= 0.3 is 0 Å². The molecule has 0 N–H and O–H groups in total. The molecule has 78 valence electrons. The molecular formula is C12H7ClN2O. The first-order chi connectivity index (χ1) is 7.84. The SMILES string of the molecule is Clc1ccnc2c1N=Cc1ccccc1O2. The molecule has 0 radical (unpaired) electrons. The average molecular weight is 231 g/mol. The molecule has 0 saturated carbocycles. The topological polar surface area (TPSA) is 34.5 Å². The van der Waals surface area contributed by atoms with E-state index < -0.39 is 0 Å². The fourth-order valence-corrected chi connectivity index (χ4v) is 1.71. The van der Waals surface area contributed by atoms with Gasteiger partial charge in [-0.1, -0.05) is 23.7 Å². The molecule has 3 nitrogen and oxygen atoms in total. The van der Waals surface area contributed by atoms with Crippen molar-refractivity contribution in [3.8, 4) is 11.6 Å². The van der Waals surface area contributed by atoms with Crippen molar-refractivity contribution in [1.82, 2.24) is 4.98 Å². The summed E-state index contributed by atoms with van der Waals surface area (Å²) >= 11 is 6.02. The minimum absolute atomic E-state index is 0.439. The number of hydrogen-bond donors (Lipinski definition) is 0. The molecule has 0 aliphatic carbocycles. The lowest BCUT2D eigenvalue weighted by Crippen LogP contribution is -1.89. The van der Waals surface area contributed by atoms with Gasteiger partial charge in [-0.3, -0.25) is 0 Å². The summed E-state index contributed by atoms with van der Waals surface area (Å²) in [6.45, 7) is 0. The van der Waals surface area contributed by atoms with Crippen LogP contribution in [0.2, 0.25) is 5.02 Å². The van der Waals surface area contributed by atoms with E-state index >= 15 is 0 Å². The summed E-state index contributed by atoms with van der Waals surface area (Å²) in [4.78, 5) is 8.40. The first-order valence-corrected chi connectivity index (χ1v) is 5.18. The summed E-state index contributed by atoms with van der Waals surface area (Å²) in [6, 6.07) is 9.33. The van der Waals surface area contributed by atoms with Crippen molar-refractivity contribution in [2.75, 3.05) is 0 Å². The Hall–Kier alpha value is -1.87. The van der Waals surface area contributed by atoms with Gasteiger partial charge in [0.15, 0.2) is 0 Å². The summed E-state index contributed by atoms with van der Waals surface area (Å²) in [5.74, 6) is 1.17. The van der Waals surface area contributed by atoms with Gasteiger partial charge in [-0.25, -0.2) is 9.98 Å². The summed E-state index contributed by atoms with van der Waals surface area (Å²) in [6.07, 6.45) is 3.33. The van der Waals surface area contributed by atoms with Crippen LogP contribution < -0.4 is 4.74 Å². The minimum atomic E-state index is 0.439. The Morgan fingerprint density at radius 1 is 1.12 bits per heavy atom. The fraction of sp³-hybridized carbons (Fsp3) is 0. The quantitative estimate of drug-likeness (QED) is 0.592. The second-order valence-corrected chi connectivity index (χ2v) is 3.75. The Kier molecular flexibility index (Phi) is 2.11. The van der Waals surface area contributed by atoms with E-state index in [1.165, 1.54) is 0 Å². The van der Waals surface area contributed by atoms with E-state index in [1.807, 2.05) is 24.3 Å². The zero-order valence-corrected chi connectivity index (χ0v) is 8.98. The molecule has 0 bridgehead atoms. The highest BCUT2D eigenvalue weighted by Gasteiger charge is 2.14. The molecule has 0 fully saturated rings. The van der Waals surface area contributed by atoms with Crippen molar-refractivity contribution in [3.63, 3.8) is 0 Å². The molecule has 0 unspecified atom stereocenters. The Morgan fingerprint density at radius 3 is 2.94 bits per heavy atom. The third kappa shape index (κ3) is 1.46. The Balaban J connectivity index is 2.21. The molecule has 16 heavy (non-hydrogen) atoms.